The molecule has 5 nitrogen and oxygen atoms in total. The van der Waals surface area contributed by atoms with Gasteiger partial charge < -0.3 is 9.30 Å². The van der Waals surface area contributed by atoms with Crippen LogP contribution in [0.3, 0.4) is 0 Å². The van der Waals surface area contributed by atoms with Crippen molar-refractivity contribution in [3.05, 3.63) is 60.7 Å². The highest BCUT2D eigenvalue weighted by Crippen LogP contribution is 2.34. The second-order valence-corrected chi connectivity index (χ2v) is 5.59. The van der Waals surface area contributed by atoms with Crippen LogP contribution in [-0.4, -0.2) is 26.2 Å². The second kappa shape index (κ2) is 5.70. The normalized spacial score (nSPS) is 11.2. The monoisotopic (exact) mass is 340 g/mol. The van der Waals surface area contributed by atoms with Gasteiger partial charge in [0.2, 0.25) is 0 Å². The van der Waals surface area contributed by atoms with Gasteiger partial charge in [-0.3, -0.25) is 4.57 Å². The quantitative estimate of drug-likeness (QED) is 0.571. The zero-order valence-corrected chi connectivity index (χ0v) is 13.6. The van der Waals surface area contributed by atoms with Crippen molar-refractivity contribution in [2.75, 3.05) is 7.11 Å². The smallest absolute Gasteiger partial charge is 0.173 e. The molecule has 7 heteroatoms. The molecule has 0 N–H and O–H groups in total. The molecule has 2 aromatic carbocycles. The number of benzene rings is 2. The first kappa shape index (κ1) is 15.3. The molecule has 126 valence electrons. The molecule has 4 aromatic rings. The summed E-state index contributed by atoms with van der Waals surface area (Å²) < 4.78 is 37.0. The number of fused-ring (bicyclic) bond motifs is 1. The number of ether oxygens (including phenoxy) is 1. The molecule has 25 heavy (non-hydrogen) atoms. The van der Waals surface area contributed by atoms with E-state index in [-0.39, 0.29) is 17.1 Å². The van der Waals surface area contributed by atoms with Gasteiger partial charge in [0.25, 0.3) is 0 Å². The van der Waals surface area contributed by atoms with Crippen LogP contribution in [0, 0.1) is 11.6 Å². The number of halogens is 2. The lowest BCUT2D eigenvalue weighted by molar-refractivity contribution is 0.408. The average molecular weight is 340 g/mol. The van der Waals surface area contributed by atoms with Crippen molar-refractivity contribution in [2.45, 2.75) is 0 Å². The first-order valence-electron chi connectivity index (χ1n) is 7.57. The van der Waals surface area contributed by atoms with Crippen LogP contribution in [0.25, 0.3) is 28.1 Å². The molecule has 0 aliphatic carbocycles. The van der Waals surface area contributed by atoms with Gasteiger partial charge in [-0.2, -0.15) is 0 Å². The summed E-state index contributed by atoms with van der Waals surface area (Å²) in [5.41, 5.74) is 2.51. The Hall–Kier alpha value is -3.22. The second-order valence-electron chi connectivity index (χ2n) is 5.59. The fraction of sp³-hybridized carbons (Fsp3) is 0.111. The highest BCUT2D eigenvalue weighted by Gasteiger charge is 2.21. The lowest BCUT2D eigenvalue weighted by Gasteiger charge is -2.13. The minimum Gasteiger partial charge on any atom is -0.496 e. The van der Waals surface area contributed by atoms with Crippen LogP contribution < -0.4 is 4.74 Å². The van der Waals surface area contributed by atoms with Crippen LogP contribution in [0.4, 0.5) is 8.78 Å². The Morgan fingerprint density at radius 2 is 1.92 bits per heavy atom. The van der Waals surface area contributed by atoms with E-state index in [0.717, 1.165) is 22.8 Å². The molecule has 0 radical (unpaired) electrons. The van der Waals surface area contributed by atoms with Crippen molar-refractivity contribution in [2.24, 2.45) is 7.05 Å². The summed E-state index contributed by atoms with van der Waals surface area (Å²) in [4.78, 5) is 8.50. The van der Waals surface area contributed by atoms with Crippen LogP contribution >= 0.6 is 0 Å². The standard InChI is InChI=1S/C18H14F2N4O/c1-23-10-22-13-5-3-11(9-14(13)23)24-8-7-21-18(24)16-15(25-2)6-4-12(19)17(16)20/h3-10H,1-2H3. The van der Waals surface area contributed by atoms with Crippen molar-refractivity contribution in [1.82, 2.24) is 19.1 Å². The molecule has 0 fully saturated rings. The van der Waals surface area contributed by atoms with Crippen LogP contribution in [-0.2, 0) is 7.05 Å². The maximum Gasteiger partial charge on any atom is 0.173 e. The highest BCUT2D eigenvalue weighted by molar-refractivity contribution is 5.78. The van der Waals surface area contributed by atoms with E-state index in [1.165, 1.54) is 19.4 Å². The number of imidazole rings is 2. The number of aryl methyl sites for hydroxylation is 1. The van der Waals surface area contributed by atoms with Gasteiger partial charge in [0, 0.05) is 25.1 Å². The molecule has 2 heterocycles. The maximum absolute atomic E-state index is 14.5. The Morgan fingerprint density at radius 1 is 1.08 bits per heavy atom. The van der Waals surface area contributed by atoms with Crippen LogP contribution in [0.5, 0.6) is 5.75 Å². The number of rotatable bonds is 3. The van der Waals surface area contributed by atoms with E-state index in [9.17, 15) is 8.78 Å². The van der Waals surface area contributed by atoms with E-state index < -0.39 is 11.6 Å². The van der Waals surface area contributed by atoms with Crippen LogP contribution in [0.1, 0.15) is 0 Å². The number of hydrogen-bond acceptors (Lipinski definition) is 3. The van der Waals surface area contributed by atoms with Gasteiger partial charge in [-0.25, -0.2) is 18.7 Å². The van der Waals surface area contributed by atoms with Gasteiger partial charge in [-0.15, -0.1) is 0 Å². The van der Waals surface area contributed by atoms with E-state index in [1.807, 2.05) is 29.8 Å². The third kappa shape index (κ3) is 2.36. The summed E-state index contributed by atoms with van der Waals surface area (Å²) >= 11 is 0. The van der Waals surface area contributed by atoms with E-state index in [0.29, 0.717) is 0 Å². The molecule has 0 aliphatic heterocycles. The zero-order valence-electron chi connectivity index (χ0n) is 13.6. The molecule has 4 rings (SSSR count). The summed E-state index contributed by atoms with van der Waals surface area (Å²) in [6.07, 6.45) is 4.95. The van der Waals surface area contributed by atoms with Crippen molar-refractivity contribution in [3.63, 3.8) is 0 Å². The lowest BCUT2D eigenvalue weighted by Crippen LogP contribution is -2.02. The van der Waals surface area contributed by atoms with Crippen molar-refractivity contribution < 1.29 is 13.5 Å². The molecule has 0 amide bonds. The molecule has 0 unspecified atom stereocenters. The summed E-state index contributed by atoms with van der Waals surface area (Å²) in [5.74, 6) is -1.47. The molecule has 2 aromatic heterocycles. The number of hydrogen-bond donors (Lipinski definition) is 0. The van der Waals surface area contributed by atoms with Crippen molar-refractivity contribution in [1.29, 1.82) is 0 Å². The Bertz CT molecular complexity index is 1080. The summed E-state index contributed by atoms with van der Waals surface area (Å²) in [7, 11) is 3.30. The van der Waals surface area contributed by atoms with E-state index in [1.54, 1.807) is 17.1 Å². The first-order valence-corrected chi connectivity index (χ1v) is 7.57. The van der Waals surface area contributed by atoms with E-state index in [4.69, 9.17) is 4.74 Å². The molecule has 0 bridgehead atoms. The summed E-state index contributed by atoms with van der Waals surface area (Å²) in [6, 6.07) is 8.05. The molecule has 0 saturated carbocycles. The van der Waals surface area contributed by atoms with Gasteiger partial charge in [0.15, 0.2) is 17.5 Å². The highest BCUT2D eigenvalue weighted by atomic mass is 19.2. The van der Waals surface area contributed by atoms with Crippen molar-refractivity contribution >= 4 is 11.0 Å². The van der Waals surface area contributed by atoms with Gasteiger partial charge >= 0.3 is 0 Å². The Morgan fingerprint density at radius 3 is 2.72 bits per heavy atom. The number of aromatic nitrogens is 4. The summed E-state index contributed by atoms with van der Waals surface area (Å²) in [5, 5.41) is 0. The number of methoxy groups -OCH3 is 1. The lowest BCUT2D eigenvalue weighted by atomic mass is 10.1. The molecule has 0 atom stereocenters. The van der Waals surface area contributed by atoms with E-state index >= 15 is 0 Å². The largest absolute Gasteiger partial charge is 0.496 e. The van der Waals surface area contributed by atoms with Gasteiger partial charge in [0.05, 0.1) is 30.0 Å². The average Bonchev–Trinajstić information content (AvgIpc) is 3.24. The van der Waals surface area contributed by atoms with Crippen molar-refractivity contribution in [3.8, 4) is 22.8 Å². The predicted molar refractivity (Wildman–Crippen MR) is 89.7 cm³/mol. The fourth-order valence-electron chi connectivity index (χ4n) is 2.87. The first-order chi connectivity index (χ1) is 12.1. The fourth-order valence-corrected chi connectivity index (χ4v) is 2.87. The molecular formula is C18H14F2N4O. The van der Waals surface area contributed by atoms with Crippen LogP contribution in [0.15, 0.2) is 49.1 Å². The Kier molecular flexibility index (Phi) is 3.49. The minimum atomic E-state index is -0.992. The maximum atomic E-state index is 14.5. The Labute approximate surface area is 142 Å². The third-order valence-corrected chi connectivity index (χ3v) is 4.13. The third-order valence-electron chi connectivity index (χ3n) is 4.13. The molecular weight excluding hydrogens is 326 g/mol. The minimum absolute atomic E-state index is 0.0161. The van der Waals surface area contributed by atoms with Gasteiger partial charge in [0.1, 0.15) is 5.75 Å². The zero-order chi connectivity index (χ0) is 17.6. The number of nitrogens with zero attached hydrogens (tertiary/aromatic N) is 4. The van der Waals surface area contributed by atoms with Gasteiger partial charge in [-0.1, -0.05) is 0 Å². The molecule has 0 aliphatic rings. The predicted octanol–water partition coefficient (Wildman–Crippen LogP) is 3.71. The topological polar surface area (TPSA) is 44.9 Å². The molecule has 0 spiro atoms. The SMILES string of the molecule is COc1ccc(F)c(F)c1-c1nccn1-c1ccc2ncn(C)c2c1. The Balaban J connectivity index is 1.94. The molecule has 0 saturated heterocycles. The van der Waals surface area contributed by atoms with E-state index in [2.05, 4.69) is 9.97 Å². The van der Waals surface area contributed by atoms with Crippen LogP contribution in [0.2, 0.25) is 0 Å². The summed E-state index contributed by atoms with van der Waals surface area (Å²) in [6.45, 7) is 0. The van der Waals surface area contributed by atoms with Gasteiger partial charge in [-0.05, 0) is 30.3 Å².